The van der Waals surface area contributed by atoms with E-state index in [0.717, 1.165) is 5.69 Å². The van der Waals surface area contributed by atoms with E-state index in [9.17, 15) is 4.79 Å². The minimum absolute atomic E-state index is 0.313. The van der Waals surface area contributed by atoms with E-state index in [1.54, 1.807) is 54.5 Å². The first-order valence-electron chi connectivity index (χ1n) is 7.10. The number of hydrogen-bond acceptors (Lipinski definition) is 3. The second-order valence-electron chi connectivity index (χ2n) is 4.81. The molecule has 0 unspecified atom stereocenters. The van der Waals surface area contributed by atoms with Crippen LogP contribution in [-0.4, -0.2) is 22.8 Å². The van der Waals surface area contributed by atoms with Crippen LogP contribution < -0.4 is 10.1 Å². The standard InChI is InChI=1S/C18H15N3O2/c1-23-17-9-7-14(8-10-17)18(22)20-15-11-12-21(19-13-15)16-5-3-2-4-6-16/h2-13H,1H3. The maximum atomic E-state index is 12.1. The number of ether oxygens (including phenoxy) is 1. The highest BCUT2D eigenvalue weighted by molar-refractivity contribution is 5.95. The number of rotatable bonds is 3. The van der Waals surface area contributed by atoms with E-state index < -0.39 is 0 Å². The van der Waals surface area contributed by atoms with Crippen molar-refractivity contribution in [2.24, 2.45) is 4.99 Å². The highest BCUT2D eigenvalue weighted by atomic mass is 16.5. The van der Waals surface area contributed by atoms with Gasteiger partial charge in [0.15, 0.2) is 0 Å². The van der Waals surface area contributed by atoms with E-state index in [0.29, 0.717) is 16.7 Å². The first kappa shape index (κ1) is 14.7. The molecule has 114 valence electrons. The zero-order valence-electron chi connectivity index (χ0n) is 12.6. The smallest absolute Gasteiger partial charge is 0.277 e. The Morgan fingerprint density at radius 3 is 2.39 bits per heavy atom. The Morgan fingerprint density at radius 2 is 1.78 bits per heavy atom. The molecule has 0 aliphatic carbocycles. The van der Waals surface area contributed by atoms with Crippen molar-refractivity contribution >= 4 is 5.91 Å². The molecule has 2 aromatic carbocycles. The third-order valence-corrected chi connectivity index (χ3v) is 3.29. The van der Waals surface area contributed by atoms with Gasteiger partial charge in [-0.1, -0.05) is 18.2 Å². The molecule has 0 saturated carbocycles. The largest absolute Gasteiger partial charge is 0.497 e. The molecule has 23 heavy (non-hydrogen) atoms. The number of hydrogen-bond donors (Lipinski definition) is 0. The lowest BCUT2D eigenvalue weighted by Crippen LogP contribution is -2.11. The van der Waals surface area contributed by atoms with Crippen LogP contribution in [0.1, 0.15) is 10.4 Å². The van der Waals surface area contributed by atoms with Crippen LogP contribution in [-0.2, 0) is 0 Å². The maximum absolute atomic E-state index is 12.1. The van der Waals surface area contributed by atoms with Gasteiger partial charge >= 0.3 is 0 Å². The van der Waals surface area contributed by atoms with Gasteiger partial charge in [-0.3, -0.25) is 4.79 Å². The minimum atomic E-state index is -0.313. The molecule has 0 fully saturated rings. The average Bonchev–Trinajstić information content (AvgIpc) is 2.63. The lowest BCUT2D eigenvalue weighted by atomic mass is 10.2. The fraction of sp³-hybridized carbons (Fsp3) is 0.0556. The molecule has 1 amide bonds. The monoisotopic (exact) mass is 305 g/mol. The van der Waals surface area contributed by atoms with Gasteiger partial charge in [-0.05, 0) is 42.5 Å². The number of para-hydroxylation sites is 1. The predicted molar refractivity (Wildman–Crippen MR) is 86.5 cm³/mol. The fourth-order valence-electron chi connectivity index (χ4n) is 2.06. The van der Waals surface area contributed by atoms with Crippen molar-refractivity contribution in [1.82, 2.24) is 9.78 Å². The summed E-state index contributed by atoms with van der Waals surface area (Å²) in [6.45, 7) is 0. The van der Waals surface area contributed by atoms with Crippen molar-refractivity contribution in [2.75, 3.05) is 7.11 Å². The van der Waals surface area contributed by atoms with Gasteiger partial charge in [-0.25, -0.2) is 9.67 Å². The summed E-state index contributed by atoms with van der Waals surface area (Å²) >= 11 is 0. The molecule has 0 radical (unpaired) electrons. The van der Waals surface area contributed by atoms with Crippen molar-refractivity contribution in [3.8, 4) is 11.4 Å². The van der Waals surface area contributed by atoms with Crippen molar-refractivity contribution < 1.29 is 9.53 Å². The van der Waals surface area contributed by atoms with E-state index in [1.165, 1.54) is 0 Å². The number of benzene rings is 2. The van der Waals surface area contributed by atoms with Crippen LogP contribution in [0.5, 0.6) is 5.75 Å². The zero-order valence-corrected chi connectivity index (χ0v) is 12.6. The number of carbonyl (C=O) groups is 1. The molecule has 0 atom stereocenters. The average molecular weight is 305 g/mol. The van der Waals surface area contributed by atoms with Gasteiger partial charge < -0.3 is 4.74 Å². The van der Waals surface area contributed by atoms with Crippen LogP contribution in [0.25, 0.3) is 5.69 Å². The number of carbonyl (C=O) groups excluding carboxylic acids is 1. The van der Waals surface area contributed by atoms with Gasteiger partial charge in [-0.2, -0.15) is 5.10 Å². The highest BCUT2D eigenvalue weighted by Crippen LogP contribution is 2.11. The highest BCUT2D eigenvalue weighted by Gasteiger charge is 2.03. The zero-order chi connectivity index (χ0) is 16.1. The van der Waals surface area contributed by atoms with Gasteiger partial charge in [0.2, 0.25) is 0 Å². The maximum Gasteiger partial charge on any atom is 0.277 e. The lowest BCUT2D eigenvalue weighted by molar-refractivity contribution is 0.0998. The summed E-state index contributed by atoms with van der Waals surface area (Å²) in [5.74, 6) is 0.388. The van der Waals surface area contributed by atoms with Crippen molar-refractivity contribution in [3.63, 3.8) is 0 Å². The van der Waals surface area contributed by atoms with E-state index in [-0.39, 0.29) is 5.91 Å². The van der Waals surface area contributed by atoms with Crippen LogP contribution >= 0.6 is 0 Å². The Hall–Kier alpha value is -3.21. The summed E-state index contributed by atoms with van der Waals surface area (Å²) in [4.78, 5) is 16.2. The van der Waals surface area contributed by atoms with Crippen LogP contribution in [0.2, 0.25) is 0 Å². The molecule has 0 spiro atoms. The normalized spacial score (nSPS) is 11.3. The van der Waals surface area contributed by atoms with E-state index in [2.05, 4.69) is 10.1 Å². The van der Waals surface area contributed by atoms with E-state index in [4.69, 9.17) is 4.74 Å². The summed E-state index contributed by atoms with van der Waals surface area (Å²) in [5.41, 5.74) is 1.45. The second-order valence-corrected chi connectivity index (χ2v) is 4.81. The molecule has 5 nitrogen and oxygen atoms in total. The lowest BCUT2D eigenvalue weighted by Gasteiger charge is -2.03. The Bertz CT molecular complexity index is 848. The molecule has 0 saturated heterocycles. The fourth-order valence-corrected chi connectivity index (χ4v) is 2.06. The van der Waals surface area contributed by atoms with Crippen LogP contribution in [0.3, 0.4) is 0 Å². The molecular weight excluding hydrogens is 290 g/mol. The third-order valence-electron chi connectivity index (χ3n) is 3.29. The number of aromatic nitrogens is 2. The topological polar surface area (TPSA) is 56.5 Å². The molecule has 0 bridgehead atoms. The number of methoxy groups -OCH3 is 1. The Labute approximate surface area is 133 Å². The first-order chi connectivity index (χ1) is 11.3. The SMILES string of the molecule is COc1ccc(C(=O)N=c2ccn(-c3ccccc3)nc2)cc1. The summed E-state index contributed by atoms with van der Waals surface area (Å²) in [5, 5.41) is 4.79. The van der Waals surface area contributed by atoms with Gasteiger partial charge in [0, 0.05) is 11.8 Å². The Balaban J connectivity index is 1.83. The third kappa shape index (κ3) is 3.52. The Morgan fingerprint density at radius 1 is 1.04 bits per heavy atom. The van der Waals surface area contributed by atoms with Gasteiger partial charge in [0.25, 0.3) is 5.91 Å². The molecule has 1 heterocycles. The molecule has 0 aliphatic heterocycles. The van der Waals surface area contributed by atoms with Gasteiger partial charge in [-0.15, -0.1) is 0 Å². The number of nitrogens with zero attached hydrogens (tertiary/aromatic N) is 3. The van der Waals surface area contributed by atoms with Crippen LogP contribution in [0.15, 0.2) is 78.0 Å². The van der Waals surface area contributed by atoms with Crippen molar-refractivity contribution in [1.29, 1.82) is 0 Å². The minimum Gasteiger partial charge on any atom is -0.497 e. The summed E-state index contributed by atoms with van der Waals surface area (Å²) in [7, 11) is 1.58. The molecule has 3 rings (SSSR count). The molecule has 0 N–H and O–H groups in total. The summed E-state index contributed by atoms with van der Waals surface area (Å²) in [6.07, 6.45) is 3.34. The molecule has 0 aliphatic rings. The van der Waals surface area contributed by atoms with Gasteiger partial charge in [0.1, 0.15) is 5.75 Å². The van der Waals surface area contributed by atoms with Gasteiger partial charge in [0.05, 0.1) is 24.4 Å². The quantitative estimate of drug-likeness (QED) is 0.747. The predicted octanol–water partition coefficient (Wildman–Crippen LogP) is 2.62. The van der Waals surface area contributed by atoms with E-state index >= 15 is 0 Å². The van der Waals surface area contributed by atoms with Crippen molar-refractivity contribution in [3.05, 3.63) is 84.0 Å². The molecule has 5 heteroatoms. The molecule has 3 aromatic rings. The first-order valence-corrected chi connectivity index (χ1v) is 7.10. The van der Waals surface area contributed by atoms with E-state index in [1.807, 2.05) is 30.3 Å². The Kier molecular flexibility index (Phi) is 4.29. The second kappa shape index (κ2) is 6.70. The van der Waals surface area contributed by atoms with Crippen LogP contribution in [0, 0.1) is 0 Å². The molecule has 1 aromatic heterocycles. The van der Waals surface area contributed by atoms with Crippen molar-refractivity contribution in [2.45, 2.75) is 0 Å². The van der Waals surface area contributed by atoms with Crippen LogP contribution in [0.4, 0.5) is 0 Å². The summed E-state index contributed by atoms with van der Waals surface area (Å²) < 4.78 is 6.79. The molecular formula is C18H15N3O2. The number of amides is 1. The summed E-state index contributed by atoms with van der Waals surface area (Å²) in [6, 6.07) is 18.3.